The molecule has 0 radical (unpaired) electrons. The molecule has 0 aliphatic rings. The molecular weight excluding hydrogens is 341 g/mol. The molecule has 16 heavy (non-hydrogen) atoms. The van der Waals surface area contributed by atoms with E-state index < -0.39 is 19.2 Å². The van der Waals surface area contributed by atoms with Gasteiger partial charge in [0.2, 0.25) is 4.33 Å². The number of esters is 1. The maximum Gasteiger partial charge on any atom is 0.335 e. The molecule has 0 N–H and O–H groups in total. The van der Waals surface area contributed by atoms with Crippen LogP contribution < -0.4 is 0 Å². The van der Waals surface area contributed by atoms with Gasteiger partial charge in [-0.05, 0) is 13.8 Å². The molecule has 0 atom stereocenters. The van der Waals surface area contributed by atoms with Crippen molar-refractivity contribution in [3.63, 3.8) is 0 Å². The van der Waals surface area contributed by atoms with E-state index in [4.69, 9.17) is 69.6 Å². The van der Waals surface area contributed by atoms with Crippen LogP contribution in [-0.2, 0) is 9.53 Å². The molecule has 8 heteroatoms. The molecule has 0 aromatic rings. The molecule has 0 rings (SSSR count). The average Bonchev–Trinajstić information content (AvgIpc) is 2.00. The highest BCUT2D eigenvalue weighted by Gasteiger charge is 2.61. The molecular formula is C8H8Cl6O2. The van der Waals surface area contributed by atoms with Crippen LogP contribution in [0.15, 0.2) is 12.2 Å². The van der Waals surface area contributed by atoms with Crippen LogP contribution in [0.25, 0.3) is 0 Å². The van der Waals surface area contributed by atoms with Crippen molar-refractivity contribution >= 4 is 75.6 Å². The average molecular weight is 349 g/mol. The van der Waals surface area contributed by atoms with E-state index in [-0.39, 0.29) is 5.57 Å². The zero-order valence-corrected chi connectivity index (χ0v) is 12.8. The first-order valence-electron chi connectivity index (χ1n) is 3.85. The number of ether oxygens (including phenoxy) is 1. The number of hydrogen-bond donors (Lipinski definition) is 0. The van der Waals surface area contributed by atoms with Crippen molar-refractivity contribution in [3.05, 3.63) is 12.2 Å². The van der Waals surface area contributed by atoms with Crippen LogP contribution in [0.4, 0.5) is 0 Å². The molecule has 94 valence electrons. The van der Waals surface area contributed by atoms with Gasteiger partial charge in [0.25, 0.3) is 4.52 Å². The Balaban J connectivity index is 5.06. The summed E-state index contributed by atoms with van der Waals surface area (Å²) in [6, 6.07) is 0. The van der Waals surface area contributed by atoms with Gasteiger partial charge in [0, 0.05) is 5.57 Å². The quantitative estimate of drug-likeness (QED) is 0.421. The Morgan fingerprint density at radius 2 is 1.50 bits per heavy atom. The monoisotopic (exact) mass is 346 g/mol. The van der Waals surface area contributed by atoms with Crippen molar-refractivity contribution in [3.8, 4) is 0 Å². The lowest BCUT2D eigenvalue weighted by Crippen LogP contribution is -2.50. The van der Waals surface area contributed by atoms with Gasteiger partial charge in [0.1, 0.15) is 0 Å². The number of carbonyl (C=O) groups excluding carboxylic acids is 1. The second-order valence-electron chi connectivity index (χ2n) is 3.15. The minimum absolute atomic E-state index is 0.0701. The summed E-state index contributed by atoms with van der Waals surface area (Å²) >= 11 is 34.3. The highest BCUT2D eigenvalue weighted by molar-refractivity contribution is 6.69. The Labute approximate surface area is 124 Å². The van der Waals surface area contributed by atoms with E-state index >= 15 is 0 Å². The maximum atomic E-state index is 11.2. The molecule has 0 aliphatic heterocycles. The molecule has 0 aliphatic carbocycles. The SMILES string of the molecule is C=C(C)C(=O)OC(Cl)(Cl)C(Cl)(Cl)C(C)(Cl)Cl. The highest BCUT2D eigenvalue weighted by atomic mass is 35.5. The van der Waals surface area contributed by atoms with Gasteiger partial charge in [-0.3, -0.25) is 0 Å². The molecule has 0 aromatic heterocycles. The fourth-order valence-corrected chi connectivity index (χ4v) is 1.58. The van der Waals surface area contributed by atoms with E-state index in [0.717, 1.165) is 0 Å². The van der Waals surface area contributed by atoms with Crippen molar-refractivity contribution in [2.45, 2.75) is 27.0 Å². The first kappa shape index (κ1) is 16.9. The number of alkyl halides is 6. The predicted molar refractivity (Wildman–Crippen MR) is 69.9 cm³/mol. The van der Waals surface area contributed by atoms with Crippen LogP contribution in [0.1, 0.15) is 13.8 Å². The van der Waals surface area contributed by atoms with Crippen LogP contribution in [0.3, 0.4) is 0 Å². The van der Waals surface area contributed by atoms with E-state index in [0.29, 0.717) is 0 Å². The summed E-state index contributed by atoms with van der Waals surface area (Å²) in [5.74, 6) is -0.867. The van der Waals surface area contributed by atoms with E-state index in [2.05, 4.69) is 11.3 Å². The van der Waals surface area contributed by atoms with Gasteiger partial charge in [0.05, 0.1) is 0 Å². The summed E-state index contributed by atoms with van der Waals surface area (Å²) in [6.07, 6.45) is 0. The van der Waals surface area contributed by atoms with E-state index in [1.165, 1.54) is 13.8 Å². The third kappa shape index (κ3) is 3.72. The zero-order valence-electron chi connectivity index (χ0n) is 8.29. The molecule has 0 unspecified atom stereocenters. The second-order valence-corrected chi connectivity index (χ2v) is 7.44. The minimum atomic E-state index is -2.32. The smallest absolute Gasteiger partial charge is 0.335 e. The van der Waals surface area contributed by atoms with Crippen molar-refractivity contribution in [1.29, 1.82) is 0 Å². The second kappa shape index (κ2) is 5.29. The van der Waals surface area contributed by atoms with Crippen molar-refractivity contribution < 1.29 is 9.53 Å². The van der Waals surface area contributed by atoms with Crippen LogP contribution >= 0.6 is 69.6 Å². The summed E-state index contributed by atoms with van der Waals surface area (Å²) in [4.78, 5) is 11.2. The van der Waals surface area contributed by atoms with Gasteiger partial charge in [-0.25, -0.2) is 4.79 Å². The van der Waals surface area contributed by atoms with Crippen LogP contribution in [0, 0.1) is 0 Å². The van der Waals surface area contributed by atoms with Gasteiger partial charge in [-0.2, -0.15) is 0 Å². The molecule has 0 fully saturated rings. The number of carbonyl (C=O) groups is 1. The summed E-state index contributed by atoms with van der Waals surface area (Å²) in [6.45, 7) is 5.99. The third-order valence-corrected chi connectivity index (χ3v) is 4.84. The Hall–Kier alpha value is 0.950. The van der Waals surface area contributed by atoms with Crippen LogP contribution in [0.2, 0.25) is 0 Å². The molecule has 0 saturated carbocycles. The fraction of sp³-hybridized carbons (Fsp3) is 0.625. The number of rotatable bonds is 4. The summed E-state index contributed by atoms with van der Waals surface area (Å²) in [5, 5.41) is 0. The summed E-state index contributed by atoms with van der Waals surface area (Å²) < 4.78 is -1.53. The van der Waals surface area contributed by atoms with Crippen molar-refractivity contribution in [1.82, 2.24) is 0 Å². The number of halogens is 6. The van der Waals surface area contributed by atoms with Crippen molar-refractivity contribution in [2.24, 2.45) is 0 Å². The first-order chi connectivity index (χ1) is 6.83. The Bertz CT molecular complexity index is 304. The van der Waals surface area contributed by atoms with Gasteiger partial charge < -0.3 is 4.74 Å². The third-order valence-electron chi connectivity index (χ3n) is 1.49. The minimum Gasteiger partial charge on any atom is -0.422 e. The fourth-order valence-electron chi connectivity index (χ4n) is 0.523. The topological polar surface area (TPSA) is 26.3 Å². The number of hydrogen-bond acceptors (Lipinski definition) is 2. The molecule has 0 bridgehead atoms. The predicted octanol–water partition coefficient (Wildman–Crippen LogP) is 4.60. The molecule has 0 aromatic carbocycles. The van der Waals surface area contributed by atoms with Crippen LogP contribution in [0.5, 0.6) is 0 Å². The molecule has 0 heterocycles. The summed E-state index contributed by atoms with van der Waals surface area (Å²) in [5.41, 5.74) is 0.0701. The largest absolute Gasteiger partial charge is 0.422 e. The Kier molecular flexibility index (Phi) is 5.61. The van der Waals surface area contributed by atoms with Gasteiger partial charge in [0.15, 0.2) is 4.33 Å². The van der Waals surface area contributed by atoms with Gasteiger partial charge >= 0.3 is 5.97 Å². The highest BCUT2D eigenvalue weighted by Crippen LogP contribution is 2.54. The van der Waals surface area contributed by atoms with Gasteiger partial charge in [-0.1, -0.05) is 76.2 Å². The van der Waals surface area contributed by atoms with Crippen LogP contribution in [-0.4, -0.2) is 19.2 Å². The maximum absolute atomic E-state index is 11.2. The normalized spacial score (nSPS) is 13.5. The Morgan fingerprint density at radius 3 is 1.75 bits per heavy atom. The Morgan fingerprint density at radius 1 is 1.12 bits per heavy atom. The van der Waals surface area contributed by atoms with Gasteiger partial charge in [-0.15, -0.1) is 0 Å². The van der Waals surface area contributed by atoms with Crippen molar-refractivity contribution in [2.75, 3.05) is 0 Å². The standard InChI is InChI=1S/C8H8Cl6O2/c1-4(2)5(15)16-8(13,14)7(11,12)6(3,9)10/h1H2,2-3H3. The lowest BCUT2D eigenvalue weighted by molar-refractivity contribution is -0.143. The summed E-state index contributed by atoms with van der Waals surface area (Å²) in [7, 11) is 0. The molecule has 2 nitrogen and oxygen atoms in total. The van der Waals surface area contributed by atoms with E-state index in [1.54, 1.807) is 0 Å². The lowest BCUT2D eigenvalue weighted by atomic mass is 10.3. The molecule has 0 saturated heterocycles. The first-order valence-corrected chi connectivity index (χ1v) is 6.12. The molecule has 0 amide bonds. The zero-order chi connectivity index (χ0) is 13.4. The van der Waals surface area contributed by atoms with E-state index in [1.807, 2.05) is 0 Å². The lowest BCUT2D eigenvalue weighted by Gasteiger charge is -2.37. The molecule has 0 spiro atoms. The van der Waals surface area contributed by atoms with E-state index in [9.17, 15) is 4.79 Å².